The molecule has 0 spiro atoms. The Morgan fingerprint density at radius 2 is 2.11 bits per heavy atom. The molecule has 0 bridgehead atoms. The molecule has 1 heterocycles. The Balaban J connectivity index is 2.15. The summed E-state index contributed by atoms with van der Waals surface area (Å²) in [5, 5.41) is 0. The molecule has 96 valence electrons. The van der Waals surface area contributed by atoms with Gasteiger partial charge in [-0.15, -0.1) is 11.3 Å². The Hall–Kier alpha value is -0.320. The summed E-state index contributed by atoms with van der Waals surface area (Å²) in [5.41, 5.74) is 1.27. The van der Waals surface area contributed by atoms with Gasteiger partial charge in [-0.1, -0.05) is 28.1 Å². The number of aryl methyl sites for hydroxylation is 1. The van der Waals surface area contributed by atoms with Crippen LogP contribution in [0.1, 0.15) is 20.1 Å². The van der Waals surface area contributed by atoms with Gasteiger partial charge in [0, 0.05) is 14.2 Å². The van der Waals surface area contributed by atoms with E-state index in [1.54, 1.807) is 7.11 Å². The summed E-state index contributed by atoms with van der Waals surface area (Å²) >= 11 is 9.21. The summed E-state index contributed by atoms with van der Waals surface area (Å²) in [4.78, 5) is 3.00. The number of halogens is 2. The Morgan fingerprint density at radius 3 is 2.72 bits per heavy atom. The molecule has 0 N–H and O–H groups in total. The summed E-state index contributed by atoms with van der Waals surface area (Å²) < 4.78 is 6.44. The van der Waals surface area contributed by atoms with Crippen LogP contribution in [0, 0.1) is 6.92 Å². The molecule has 0 saturated carbocycles. The first-order chi connectivity index (χ1) is 8.60. The van der Waals surface area contributed by atoms with Gasteiger partial charge in [0.1, 0.15) is 5.75 Å². The molecule has 0 radical (unpaired) electrons. The van der Waals surface area contributed by atoms with Crippen LogP contribution in [-0.2, 0) is 6.42 Å². The second-order valence-corrected chi connectivity index (χ2v) is 7.34. The molecule has 1 atom stereocenters. The highest BCUT2D eigenvalue weighted by Crippen LogP contribution is 2.38. The van der Waals surface area contributed by atoms with Crippen molar-refractivity contribution in [3.63, 3.8) is 0 Å². The monoisotopic (exact) mass is 388 g/mol. The van der Waals surface area contributed by atoms with E-state index in [0.29, 0.717) is 4.83 Å². The molecule has 1 aromatic carbocycles. The minimum absolute atomic E-state index is 0.331. The molecule has 0 saturated heterocycles. The van der Waals surface area contributed by atoms with E-state index in [-0.39, 0.29) is 0 Å². The van der Waals surface area contributed by atoms with Crippen molar-refractivity contribution in [2.45, 2.75) is 18.2 Å². The van der Waals surface area contributed by atoms with Crippen LogP contribution in [0.3, 0.4) is 0 Å². The highest BCUT2D eigenvalue weighted by Gasteiger charge is 2.15. The van der Waals surface area contributed by atoms with Gasteiger partial charge in [-0.2, -0.15) is 0 Å². The molecule has 2 rings (SSSR count). The summed E-state index contributed by atoms with van der Waals surface area (Å²) in [6.45, 7) is 2.13. The Labute approximate surface area is 128 Å². The van der Waals surface area contributed by atoms with Gasteiger partial charge >= 0.3 is 0 Å². The maximum absolute atomic E-state index is 5.25. The standard InChI is InChI=1S/C14H14Br2OS/c1-9-6-12(15)14(18-9)13(16)8-10-4-3-5-11(7-10)17-2/h3-7,13H,8H2,1-2H3. The van der Waals surface area contributed by atoms with E-state index < -0.39 is 0 Å². The molecule has 1 nitrogen and oxygen atoms in total. The SMILES string of the molecule is COc1cccc(CC(Br)c2sc(C)cc2Br)c1. The molecule has 0 fully saturated rings. The normalized spacial score (nSPS) is 12.4. The molecule has 0 amide bonds. The second-order valence-electron chi connectivity index (χ2n) is 4.09. The van der Waals surface area contributed by atoms with E-state index in [1.807, 2.05) is 23.5 Å². The zero-order chi connectivity index (χ0) is 13.1. The van der Waals surface area contributed by atoms with E-state index in [1.165, 1.54) is 19.8 Å². The van der Waals surface area contributed by atoms with Crippen LogP contribution in [0.15, 0.2) is 34.8 Å². The zero-order valence-corrected chi connectivity index (χ0v) is 14.2. The Kier molecular flexibility index (Phi) is 4.87. The lowest BCUT2D eigenvalue weighted by molar-refractivity contribution is 0.414. The first-order valence-corrected chi connectivity index (χ1v) is 8.15. The van der Waals surface area contributed by atoms with E-state index in [9.17, 15) is 0 Å². The largest absolute Gasteiger partial charge is 0.497 e. The molecule has 1 unspecified atom stereocenters. The molecular weight excluding hydrogens is 376 g/mol. The average Bonchev–Trinajstić information content (AvgIpc) is 2.69. The van der Waals surface area contributed by atoms with Crippen molar-refractivity contribution in [1.82, 2.24) is 0 Å². The van der Waals surface area contributed by atoms with Crippen molar-refractivity contribution in [3.8, 4) is 5.75 Å². The van der Waals surface area contributed by atoms with Gasteiger partial charge in [-0.25, -0.2) is 0 Å². The molecule has 0 aliphatic carbocycles. The highest BCUT2D eigenvalue weighted by atomic mass is 79.9. The average molecular weight is 390 g/mol. The molecule has 0 aliphatic heterocycles. The van der Waals surface area contributed by atoms with E-state index in [4.69, 9.17) is 4.74 Å². The van der Waals surface area contributed by atoms with Gasteiger partial charge in [0.2, 0.25) is 0 Å². The maximum atomic E-state index is 5.25. The van der Waals surface area contributed by atoms with Gasteiger partial charge in [-0.3, -0.25) is 0 Å². The predicted octanol–water partition coefficient (Wildman–Crippen LogP) is 5.51. The minimum Gasteiger partial charge on any atom is -0.497 e. The molecule has 4 heteroatoms. The number of hydrogen-bond donors (Lipinski definition) is 0. The van der Waals surface area contributed by atoms with Gasteiger partial charge < -0.3 is 4.74 Å². The minimum atomic E-state index is 0.331. The van der Waals surface area contributed by atoms with E-state index in [2.05, 4.69) is 57.0 Å². The van der Waals surface area contributed by atoms with E-state index >= 15 is 0 Å². The smallest absolute Gasteiger partial charge is 0.119 e. The highest BCUT2D eigenvalue weighted by molar-refractivity contribution is 9.11. The van der Waals surface area contributed by atoms with Crippen molar-refractivity contribution >= 4 is 43.2 Å². The van der Waals surface area contributed by atoms with Crippen molar-refractivity contribution in [3.05, 3.63) is 50.1 Å². The van der Waals surface area contributed by atoms with E-state index in [0.717, 1.165) is 12.2 Å². The lowest BCUT2D eigenvalue weighted by Gasteiger charge is -2.10. The topological polar surface area (TPSA) is 9.23 Å². The van der Waals surface area contributed by atoms with Crippen LogP contribution < -0.4 is 4.74 Å². The quantitative estimate of drug-likeness (QED) is 0.626. The summed E-state index contributed by atoms with van der Waals surface area (Å²) in [5.74, 6) is 0.911. The third kappa shape index (κ3) is 3.37. The van der Waals surface area contributed by atoms with Crippen LogP contribution in [0.2, 0.25) is 0 Å². The number of methoxy groups -OCH3 is 1. The Morgan fingerprint density at radius 1 is 1.33 bits per heavy atom. The van der Waals surface area contributed by atoms with Crippen LogP contribution >= 0.6 is 43.2 Å². The molecule has 0 aliphatic rings. The fourth-order valence-corrected chi connectivity index (χ4v) is 4.93. The predicted molar refractivity (Wildman–Crippen MR) is 85.1 cm³/mol. The lowest BCUT2D eigenvalue weighted by atomic mass is 10.1. The van der Waals surface area contributed by atoms with Crippen LogP contribution in [-0.4, -0.2) is 7.11 Å². The molecule has 2 aromatic rings. The van der Waals surface area contributed by atoms with Gasteiger partial charge in [0.15, 0.2) is 0 Å². The van der Waals surface area contributed by atoms with Crippen LogP contribution in [0.5, 0.6) is 5.75 Å². The number of benzene rings is 1. The number of ether oxygens (including phenoxy) is 1. The van der Waals surface area contributed by atoms with Crippen molar-refractivity contribution in [2.75, 3.05) is 7.11 Å². The fourth-order valence-electron chi connectivity index (χ4n) is 1.81. The lowest BCUT2D eigenvalue weighted by Crippen LogP contribution is -1.94. The number of alkyl halides is 1. The number of rotatable bonds is 4. The van der Waals surface area contributed by atoms with Gasteiger partial charge in [-0.05, 0) is 53.0 Å². The number of hydrogen-bond acceptors (Lipinski definition) is 2. The second kappa shape index (κ2) is 6.22. The number of thiophene rings is 1. The van der Waals surface area contributed by atoms with Gasteiger partial charge in [0.05, 0.1) is 11.9 Å². The third-order valence-electron chi connectivity index (χ3n) is 2.67. The summed E-state index contributed by atoms with van der Waals surface area (Å²) in [6, 6.07) is 10.4. The first-order valence-electron chi connectivity index (χ1n) is 5.63. The fraction of sp³-hybridized carbons (Fsp3) is 0.286. The Bertz CT molecular complexity index is 536. The van der Waals surface area contributed by atoms with Crippen LogP contribution in [0.25, 0.3) is 0 Å². The first kappa shape index (κ1) is 14.1. The summed E-state index contributed by atoms with van der Waals surface area (Å²) in [7, 11) is 1.70. The third-order valence-corrected chi connectivity index (χ3v) is 5.84. The van der Waals surface area contributed by atoms with Crippen molar-refractivity contribution in [1.29, 1.82) is 0 Å². The molecular formula is C14H14Br2OS. The molecule has 1 aromatic heterocycles. The van der Waals surface area contributed by atoms with Crippen molar-refractivity contribution in [2.24, 2.45) is 0 Å². The maximum Gasteiger partial charge on any atom is 0.119 e. The molecule has 18 heavy (non-hydrogen) atoms. The van der Waals surface area contributed by atoms with Crippen LogP contribution in [0.4, 0.5) is 0 Å². The zero-order valence-electron chi connectivity index (χ0n) is 10.2. The van der Waals surface area contributed by atoms with Crippen molar-refractivity contribution < 1.29 is 4.74 Å². The summed E-state index contributed by atoms with van der Waals surface area (Å²) in [6.07, 6.45) is 0.954. The van der Waals surface area contributed by atoms with Gasteiger partial charge in [0.25, 0.3) is 0 Å².